The molecule has 5 heteroatoms. The summed E-state index contributed by atoms with van der Waals surface area (Å²) in [4.78, 5) is 0. The van der Waals surface area contributed by atoms with Crippen molar-refractivity contribution in [1.29, 1.82) is 0 Å². The van der Waals surface area contributed by atoms with Gasteiger partial charge in [0, 0.05) is 35.7 Å². The van der Waals surface area contributed by atoms with Gasteiger partial charge in [0.1, 0.15) is 0 Å². The molecule has 0 aromatic heterocycles. The third kappa shape index (κ3) is 6.28. The zero-order valence-electron chi connectivity index (χ0n) is 15.5. The summed E-state index contributed by atoms with van der Waals surface area (Å²) in [6.07, 6.45) is 8.43. The normalized spacial score (nSPS) is 20.3. The van der Waals surface area contributed by atoms with Gasteiger partial charge in [0.05, 0.1) is 18.3 Å². The number of aryl methyl sites for hydroxylation is 1. The second kappa shape index (κ2) is 9.91. The van der Waals surface area contributed by atoms with E-state index in [1.54, 1.807) is 0 Å². The molecule has 0 bridgehead atoms. The van der Waals surface area contributed by atoms with E-state index in [9.17, 15) is 0 Å². The second-order valence-electron chi connectivity index (χ2n) is 6.97. The van der Waals surface area contributed by atoms with Crippen LogP contribution in [0, 0.1) is 18.8 Å². The van der Waals surface area contributed by atoms with Crippen molar-refractivity contribution < 1.29 is 4.74 Å². The molecule has 0 radical (unpaired) electrons. The van der Waals surface area contributed by atoms with Crippen molar-refractivity contribution >= 4 is 17.6 Å². The lowest BCUT2D eigenvalue weighted by Crippen LogP contribution is -2.29. The number of rotatable bonds is 7. The van der Waals surface area contributed by atoms with E-state index >= 15 is 0 Å². The second-order valence-corrected chi connectivity index (χ2v) is 8.16. The monoisotopic (exact) mass is 371 g/mol. The predicted molar refractivity (Wildman–Crippen MR) is 110 cm³/mol. The molecule has 1 aromatic rings. The predicted octanol–water partition coefficient (Wildman–Crippen LogP) is 3.16. The maximum absolute atomic E-state index is 6.24. The summed E-state index contributed by atoms with van der Waals surface area (Å²) in [5, 5.41) is 4.12. The molecule has 26 heavy (non-hydrogen) atoms. The Bertz CT molecular complexity index is 682. The van der Waals surface area contributed by atoms with Crippen molar-refractivity contribution in [3.05, 3.63) is 41.1 Å². The van der Waals surface area contributed by atoms with E-state index in [1.807, 2.05) is 24.2 Å². The number of benzene rings is 1. The fourth-order valence-corrected chi connectivity index (χ4v) is 3.70. The topological polar surface area (TPSA) is 59.3 Å². The number of nitrogens with one attached hydrogen (secondary N) is 2. The molecule has 1 aromatic carbocycles. The summed E-state index contributed by atoms with van der Waals surface area (Å²) in [5.74, 6) is 6.39. The first kappa shape index (κ1) is 19.2. The van der Waals surface area contributed by atoms with Gasteiger partial charge in [-0.15, -0.1) is 0 Å². The zero-order valence-corrected chi connectivity index (χ0v) is 16.3. The van der Waals surface area contributed by atoms with E-state index in [1.165, 1.54) is 25.7 Å². The van der Waals surface area contributed by atoms with E-state index in [2.05, 4.69) is 40.9 Å². The van der Waals surface area contributed by atoms with Crippen molar-refractivity contribution in [3.8, 4) is 11.8 Å². The summed E-state index contributed by atoms with van der Waals surface area (Å²) in [7, 11) is 0. The van der Waals surface area contributed by atoms with Crippen LogP contribution in [-0.2, 0) is 4.74 Å². The molecule has 1 aliphatic carbocycles. The Balaban J connectivity index is 1.48. The zero-order chi connectivity index (χ0) is 18.2. The Morgan fingerprint density at radius 2 is 2.23 bits per heavy atom. The highest BCUT2D eigenvalue weighted by atomic mass is 32.2. The first-order chi connectivity index (χ1) is 12.7. The SMILES string of the molecule is Cc1cc(C#CCNSC2CC2)ccc1/C(N)=C/NCC1CCCCO1. The van der Waals surface area contributed by atoms with Gasteiger partial charge in [0.2, 0.25) is 0 Å². The Kier molecular flexibility index (Phi) is 7.31. The molecule has 4 nitrogen and oxygen atoms in total. The van der Waals surface area contributed by atoms with Crippen LogP contribution in [0.4, 0.5) is 0 Å². The molecule has 1 saturated carbocycles. The van der Waals surface area contributed by atoms with Gasteiger partial charge in [0.15, 0.2) is 0 Å². The molecule has 0 amide bonds. The average Bonchev–Trinajstić information content (AvgIpc) is 3.47. The first-order valence-corrected chi connectivity index (χ1v) is 10.4. The summed E-state index contributed by atoms with van der Waals surface area (Å²) in [5.41, 5.74) is 10.2. The largest absolute Gasteiger partial charge is 0.397 e. The molecular weight excluding hydrogens is 342 g/mol. The molecular formula is C21H29N3OS. The molecule has 1 aliphatic heterocycles. The molecule has 140 valence electrons. The maximum Gasteiger partial charge on any atom is 0.0747 e. The molecule has 1 heterocycles. The van der Waals surface area contributed by atoms with E-state index in [4.69, 9.17) is 10.5 Å². The highest BCUT2D eigenvalue weighted by Crippen LogP contribution is 2.31. The van der Waals surface area contributed by atoms with E-state index in [0.717, 1.165) is 53.8 Å². The van der Waals surface area contributed by atoms with Crippen LogP contribution in [0.3, 0.4) is 0 Å². The van der Waals surface area contributed by atoms with Crippen molar-refractivity contribution in [1.82, 2.24) is 10.0 Å². The Labute approximate surface area is 161 Å². The standard InChI is InChI=1S/C21H29N3OS/c1-16-13-17(5-4-11-24-26-19-8-9-19)7-10-20(16)21(22)15-23-14-18-6-2-3-12-25-18/h7,10,13,15,18-19,23-24H,2-3,6,8-9,11-12,14,22H2,1H3/b21-15-. The number of nitrogens with two attached hydrogens (primary N) is 1. The lowest BCUT2D eigenvalue weighted by Gasteiger charge is -2.22. The van der Waals surface area contributed by atoms with Gasteiger partial charge in [-0.3, -0.25) is 4.72 Å². The van der Waals surface area contributed by atoms with Crippen LogP contribution in [0.25, 0.3) is 5.70 Å². The van der Waals surface area contributed by atoms with Crippen molar-refractivity contribution in [2.24, 2.45) is 5.73 Å². The van der Waals surface area contributed by atoms with Gasteiger partial charge in [-0.05, 0) is 56.7 Å². The summed E-state index contributed by atoms with van der Waals surface area (Å²) in [6.45, 7) is 4.49. The highest BCUT2D eigenvalue weighted by Gasteiger charge is 2.21. The average molecular weight is 372 g/mol. The van der Waals surface area contributed by atoms with Crippen LogP contribution in [0.1, 0.15) is 48.8 Å². The smallest absolute Gasteiger partial charge is 0.0747 e. The van der Waals surface area contributed by atoms with E-state index in [-0.39, 0.29) is 0 Å². The quantitative estimate of drug-likeness (QED) is 0.390. The summed E-state index contributed by atoms with van der Waals surface area (Å²) >= 11 is 1.81. The molecule has 1 atom stereocenters. The Morgan fingerprint density at radius 3 is 2.96 bits per heavy atom. The lowest BCUT2D eigenvalue weighted by molar-refractivity contribution is 0.0188. The van der Waals surface area contributed by atoms with Crippen LogP contribution < -0.4 is 15.8 Å². The van der Waals surface area contributed by atoms with E-state index in [0.29, 0.717) is 6.10 Å². The fourth-order valence-electron chi connectivity index (χ4n) is 2.94. The molecule has 1 unspecified atom stereocenters. The summed E-state index contributed by atoms with van der Waals surface area (Å²) in [6, 6.07) is 6.19. The minimum Gasteiger partial charge on any atom is -0.397 e. The van der Waals surface area contributed by atoms with Crippen LogP contribution in [0.2, 0.25) is 0 Å². The number of hydrogen-bond donors (Lipinski definition) is 3. The minimum atomic E-state index is 0.304. The molecule has 2 aliphatic rings. The van der Waals surface area contributed by atoms with Crippen molar-refractivity contribution in [2.45, 2.75) is 50.4 Å². The molecule has 1 saturated heterocycles. The molecule has 2 fully saturated rings. The van der Waals surface area contributed by atoms with Gasteiger partial charge in [-0.25, -0.2) is 0 Å². The third-order valence-electron chi connectivity index (χ3n) is 4.58. The Morgan fingerprint density at radius 1 is 1.35 bits per heavy atom. The van der Waals surface area contributed by atoms with Gasteiger partial charge in [0.25, 0.3) is 0 Å². The maximum atomic E-state index is 6.24. The van der Waals surface area contributed by atoms with Crippen molar-refractivity contribution in [2.75, 3.05) is 19.7 Å². The first-order valence-electron chi connectivity index (χ1n) is 9.51. The van der Waals surface area contributed by atoms with Crippen LogP contribution in [-0.4, -0.2) is 31.1 Å². The van der Waals surface area contributed by atoms with Crippen LogP contribution in [0.5, 0.6) is 0 Å². The summed E-state index contributed by atoms with van der Waals surface area (Å²) < 4.78 is 9.03. The Hall–Kier alpha value is -1.61. The molecule has 3 rings (SSSR count). The van der Waals surface area contributed by atoms with Crippen LogP contribution >= 0.6 is 11.9 Å². The van der Waals surface area contributed by atoms with Crippen LogP contribution in [0.15, 0.2) is 24.4 Å². The molecule has 0 spiro atoms. The van der Waals surface area contributed by atoms with Gasteiger partial charge in [-0.1, -0.05) is 29.9 Å². The lowest BCUT2D eigenvalue weighted by atomic mass is 10.0. The minimum absolute atomic E-state index is 0.304. The van der Waals surface area contributed by atoms with Gasteiger partial charge < -0.3 is 15.8 Å². The number of hydrogen-bond acceptors (Lipinski definition) is 5. The molecule has 4 N–H and O–H groups in total. The highest BCUT2D eigenvalue weighted by molar-refractivity contribution is 7.98. The number of ether oxygens (including phenoxy) is 1. The van der Waals surface area contributed by atoms with E-state index < -0.39 is 0 Å². The fraction of sp³-hybridized carbons (Fsp3) is 0.524. The van der Waals surface area contributed by atoms with Gasteiger partial charge >= 0.3 is 0 Å². The van der Waals surface area contributed by atoms with Crippen molar-refractivity contribution in [3.63, 3.8) is 0 Å². The third-order valence-corrected chi connectivity index (χ3v) is 5.70. The van der Waals surface area contributed by atoms with Gasteiger partial charge in [-0.2, -0.15) is 0 Å².